The molecule has 0 fully saturated rings. The Labute approximate surface area is 248 Å². The lowest BCUT2D eigenvalue weighted by molar-refractivity contribution is -0.118. The van der Waals surface area contributed by atoms with Gasteiger partial charge in [0.2, 0.25) is 5.56 Å². The fraction of sp³-hybridized carbons (Fsp3) is 0.265. The van der Waals surface area contributed by atoms with E-state index in [1.165, 1.54) is 41.3 Å². The van der Waals surface area contributed by atoms with Gasteiger partial charge in [-0.05, 0) is 60.6 Å². The second kappa shape index (κ2) is 11.1. The quantitative estimate of drug-likeness (QED) is 0.304. The number of amides is 1. The first-order valence-corrected chi connectivity index (χ1v) is 14.3. The van der Waals surface area contributed by atoms with Gasteiger partial charge in [-0.25, -0.2) is 4.39 Å². The van der Waals surface area contributed by atoms with Crippen molar-refractivity contribution in [2.75, 3.05) is 16.8 Å². The minimum absolute atomic E-state index is 0.0467. The zero-order valence-corrected chi connectivity index (χ0v) is 23.9. The molecule has 0 radical (unpaired) electrons. The zero-order valence-electron chi connectivity index (χ0n) is 23.9. The van der Waals surface area contributed by atoms with Crippen molar-refractivity contribution in [1.29, 1.82) is 0 Å². The number of aromatic amines is 1. The SMILES string of the molecule is CC1(C)CC(=O)C2=C(C1)Nc1c(O)cccc1N(C(=O)c1cccc(=O)[nH]1)C2c1ccc(OCC2=CC=CCC2)cc1F. The minimum atomic E-state index is -1.20. The predicted molar refractivity (Wildman–Crippen MR) is 162 cm³/mol. The van der Waals surface area contributed by atoms with Crippen LogP contribution in [0.4, 0.5) is 15.8 Å². The largest absolute Gasteiger partial charge is 0.506 e. The van der Waals surface area contributed by atoms with E-state index in [0.29, 0.717) is 24.5 Å². The van der Waals surface area contributed by atoms with Crippen LogP contribution in [0.15, 0.2) is 94.5 Å². The topological polar surface area (TPSA) is 112 Å². The fourth-order valence-corrected chi connectivity index (χ4v) is 6.03. The van der Waals surface area contributed by atoms with Crippen LogP contribution in [0, 0.1) is 11.2 Å². The third kappa shape index (κ3) is 5.50. The summed E-state index contributed by atoms with van der Waals surface area (Å²) in [5.74, 6) is -1.40. The maximum Gasteiger partial charge on any atom is 0.275 e. The molecule has 3 aromatic rings. The van der Waals surface area contributed by atoms with Crippen molar-refractivity contribution < 1.29 is 23.8 Å². The van der Waals surface area contributed by atoms with Crippen LogP contribution in [-0.2, 0) is 4.79 Å². The molecule has 2 aliphatic carbocycles. The number of pyridine rings is 1. The summed E-state index contributed by atoms with van der Waals surface area (Å²) in [5.41, 5.74) is 1.40. The molecule has 0 saturated heterocycles. The van der Waals surface area contributed by atoms with Gasteiger partial charge < -0.3 is 20.1 Å². The Morgan fingerprint density at radius 3 is 2.67 bits per heavy atom. The molecule has 1 aliphatic heterocycles. The number of phenolic OH excluding ortho intramolecular Hbond substituents is 1. The van der Waals surface area contributed by atoms with Crippen LogP contribution in [0.25, 0.3) is 0 Å². The van der Waals surface area contributed by atoms with Crippen LogP contribution in [0.2, 0.25) is 0 Å². The summed E-state index contributed by atoms with van der Waals surface area (Å²) in [7, 11) is 0. The Balaban J connectivity index is 1.52. The van der Waals surface area contributed by atoms with E-state index in [1.807, 2.05) is 26.0 Å². The molecule has 9 heteroatoms. The van der Waals surface area contributed by atoms with E-state index in [-0.39, 0.29) is 46.2 Å². The number of ether oxygens (including phenoxy) is 1. The van der Waals surface area contributed by atoms with Crippen molar-refractivity contribution in [1.82, 2.24) is 4.98 Å². The summed E-state index contributed by atoms with van der Waals surface area (Å²) >= 11 is 0. The van der Waals surface area contributed by atoms with Crippen molar-refractivity contribution in [3.05, 3.63) is 117 Å². The number of aromatic hydroxyl groups is 1. The number of allylic oxidation sites excluding steroid dienone is 4. The number of H-pyrrole nitrogens is 1. The van der Waals surface area contributed by atoms with Crippen molar-refractivity contribution in [3.63, 3.8) is 0 Å². The number of anilines is 2. The third-order valence-corrected chi connectivity index (χ3v) is 8.02. The van der Waals surface area contributed by atoms with Gasteiger partial charge in [0.15, 0.2) is 5.78 Å². The predicted octanol–water partition coefficient (Wildman–Crippen LogP) is 6.33. The summed E-state index contributed by atoms with van der Waals surface area (Å²) in [5, 5.41) is 14.2. The number of phenols is 1. The minimum Gasteiger partial charge on any atom is -0.506 e. The number of ketones is 1. The van der Waals surface area contributed by atoms with Crippen LogP contribution < -0.4 is 20.5 Å². The molecule has 6 rings (SSSR count). The number of hydrogen-bond acceptors (Lipinski definition) is 6. The summed E-state index contributed by atoms with van der Waals surface area (Å²) < 4.78 is 22.1. The number of halogens is 1. The van der Waals surface area contributed by atoms with Gasteiger partial charge in [0, 0.05) is 35.4 Å². The highest BCUT2D eigenvalue weighted by atomic mass is 19.1. The third-order valence-electron chi connectivity index (χ3n) is 8.02. The van der Waals surface area contributed by atoms with Gasteiger partial charge in [0.05, 0.1) is 11.7 Å². The second-order valence-corrected chi connectivity index (χ2v) is 11.9. The highest BCUT2D eigenvalue weighted by Crippen LogP contribution is 2.51. The van der Waals surface area contributed by atoms with Gasteiger partial charge in [-0.2, -0.15) is 0 Å². The number of hydrogen-bond donors (Lipinski definition) is 3. The number of para-hydroxylation sites is 1. The van der Waals surface area contributed by atoms with E-state index < -0.39 is 28.7 Å². The highest BCUT2D eigenvalue weighted by molar-refractivity contribution is 6.11. The molecule has 3 N–H and O–H groups in total. The van der Waals surface area contributed by atoms with Crippen LogP contribution in [0.5, 0.6) is 11.5 Å². The number of Topliss-reactive ketones (excluding diaryl/α,β-unsaturated/α-hetero) is 1. The molecule has 0 saturated carbocycles. The Kier molecular flexibility index (Phi) is 7.25. The van der Waals surface area contributed by atoms with Crippen molar-refractivity contribution >= 4 is 23.1 Å². The number of benzene rings is 2. The summed E-state index contributed by atoms with van der Waals surface area (Å²) in [6, 6.07) is 12.1. The van der Waals surface area contributed by atoms with Crippen LogP contribution in [-0.4, -0.2) is 28.4 Å². The number of aromatic nitrogens is 1. The van der Waals surface area contributed by atoms with Crippen molar-refractivity contribution in [2.45, 2.75) is 45.6 Å². The van der Waals surface area contributed by atoms with Gasteiger partial charge in [0.25, 0.3) is 5.91 Å². The Morgan fingerprint density at radius 2 is 1.93 bits per heavy atom. The maximum absolute atomic E-state index is 16.2. The maximum atomic E-state index is 16.2. The molecular formula is C34H32FN3O5. The molecular weight excluding hydrogens is 549 g/mol. The summed E-state index contributed by atoms with van der Waals surface area (Å²) in [6.45, 7) is 4.24. The zero-order chi connectivity index (χ0) is 30.3. The first-order chi connectivity index (χ1) is 20.6. The number of nitrogens with one attached hydrogen (secondary N) is 2. The lowest BCUT2D eigenvalue weighted by atomic mass is 9.73. The smallest absolute Gasteiger partial charge is 0.275 e. The average molecular weight is 582 g/mol. The molecule has 1 atom stereocenters. The summed E-state index contributed by atoms with van der Waals surface area (Å²) in [4.78, 5) is 44.2. The average Bonchev–Trinajstić information content (AvgIpc) is 3.11. The molecule has 1 amide bonds. The number of carbonyl (C=O) groups excluding carboxylic acids is 2. The Bertz CT molecular complexity index is 1780. The number of nitrogens with zero attached hydrogens (tertiary/aromatic N) is 1. The first-order valence-electron chi connectivity index (χ1n) is 14.3. The van der Waals surface area contributed by atoms with Gasteiger partial charge >= 0.3 is 0 Å². The number of carbonyl (C=O) groups is 2. The van der Waals surface area contributed by atoms with Crippen molar-refractivity contribution in [3.8, 4) is 11.5 Å². The molecule has 8 nitrogen and oxygen atoms in total. The molecule has 1 aromatic heterocycles. The lowest BCUT2D eigenvalue weighted by Gasteiger charge is -2.37. The molecule has 2 heterocycles. The second-order valence-electron chi connectivity index (χ2n) is 11.9. The highest BCUT2D eigenvalue weighted by Gasteiger charge is 2.45. The summed E-state index contributed by atoms with van der Waals surface area (Å²) in [6.07, 6.45) is 8.44. The van der Waals surface area contributed by atoms with E-state index in [9.17, 15) is 19.5 Å². The molecule has 43 heavy (non-hydrogen) atoms. The Hall–Kier alpha value is -4.92. The van der Waals surface area contributed by atoms with Crippen molar-refractivity contribution in [2.24, 2.45) is 5.41 Å². The lowest BCUT2D eigenvalue weighted by Crippen LogP contribution is -2.40. The fourth-order valence-electron chi connectivity index (χ4n) is 6.03. The van der Waals surface area contributed by atoms with Gasteiger partial charge in [0.1, 0.15) is 35.3 Å². The normalized spacial score (nSPS) is 19.1. The molecule has 2 aromatic carbocycles. The van der Waals surface area contributed by atoms with E-state index in [4.69, 9.17) is 4.74 Å². The van der Waals surface area contributed by atoms with Gasteiger partial charge in [-0.15, -0.1) is 0 Å². The molecule has 3 aliphatic rings. The van der Waals surface area contributed by atoms with E-state index in [1.54, 1.807) is 18.2 Å². The standard InChI is InChI=1S/C34H32FN3O5/c1-34(2)17-25-30(28(40)18-34)32(22-15-14-21(16-23(22)35)43-19-20-8-4-3-5-9-20)38(26-11-7-12-27(39)31(26)37-25)33(42)24-10-6-13-29(41)36-24/h3-4,6-8,10-16,32,37,39H,5,9,17-19H2,1-2H3,(H,36,41). The molecule has 0 spiro atoms. The Morgan fingerprint density at radius 1 is 1.12 bits per heavy atom. The van der Waals surface area contributed by atoms with E-state index in [2.05, 4.69) is 16.4 Å². The number of rotatable bonds is 5. The van der Waals surface area contributed by atoms with Gasteiger partial charge in [-0.1, -0.05) is 44.2 Å². The van der Waals surface area contributed by atoms with Gasteiger partial charge in [-0.3, -0.25) is 19.3 Å². The van der Waals surface area contributed by atoms with Crippen LogP contribution in [0.1, 0.15) is 61.6 Å². The van der Waals surface area contributed by atoms with E-state index >= 15 is 4.39 Å². The monoisotopic (exact) mass is 581 g/mol. The molecule has 1 unspecified atom stereocenters. The van der Waals surface area contributed by atoms with Crippen LogP contribution in [0.3, 0.4) is 0 Å². The number of fused-ring (bicyclic) bond motifs is 1. The molecule has 0 bridgehead atoms. The molecule has 220 valence electrons. The van der Waals surface area contributed by atoms with E-state index in [0.717, 1.165) is 18.4 Å². The first kappa shape index (κ1) is 28.2. The van der Waals surface area contributed by atoms with Crippen LogP contribution >= 0.6 is 0 Å².